The largest absolute Gasteiger partial charge is 0.451 e. The maximum atomic E-state index is 12.0. The highest BCUT2D eigenvalue weighted by Crippen LogP contribution is 2.19. The first-order valence-corrected chi connectivity index (χ1v) is 7.33. The summed E-state index contributed by atoms with van der Waals surface area (Å²) in [7, 11) is 0. The van der Waals surface area contributed by atoms with Crippen molar-refractivity contribution in [1.29, 1.82) is 0 Å². The summed E-state index contributed by atoms with van der Waals surface area (Å²) in [5.41, 5.74) is 1.77. The molecule has 1 fully saturated rings. The molecule has 0 unspecified atom stereocenters. The number of hydrogen-bond donors (Lipinski definition) is 0. The van der Waals surface area contributed by atoms with Gasteiger partial charge in [-0.3, -0.25) is 14.3 Å². The van der Waals surface area contributed by atoms with E-state index in [1.807, 2.05) is 6.92 Å². The molecule has 0 spiro atoms. The first-order chi connectivity index (χ1) is 10.2. The molecule has 1 aliphatic rings. The molecule has 2 aromatic heterocycles. The molecule has 3 rings (SSSR count). The number of rotatable bonds is 4. The van der Waals surface area contributed by atoms with Crippen LogP contribution in [0.25, 0.3) is 0 Å². The van der Waals surface area contributed by atoms with Crippen LogP contribution >= 0.6 is 0 Å². The molecule has 21 heavy (non-hydrogen) atoms. The Morgan fingerprint density at radius 3 is 2.90 bits per heavy atom. The topological polar surface area (TPSA) is 64.2 Å². The molecule has 0 amide bonds. The van der Waals surface area contributed by atoms with E-state index in [2.05, 4.69) is 14.9 Å². The van der Waals surface area contributed by atoms with E-state index in [4.69, 9.17) is 4.42 Å². The van der Waals surface area contributed by atoms with E-state index in [0.717, 1.165) is 44.7 Å². The van der Waals surface area contributed by atoms with Crippen LogP contribution in [0.2, 0.25) is 0 Å². The molecule has 1 saturated heterocycles. The highest BCUT2D eigenvalue weighted by atomic mass is 16.3. The third-order valence-corrected chi connectivity index (χ3v) is 4.10. The van der Waals surface area contributed by atoms with Gasteiger partial charge in [-0.2, -0.15) is 0 Å². The summed E-state index contributed by atoms with van der Waals surface area (Å²) in [4.78, 5) is 22.7. The Labute approximate surface area is 123 Å². The summed E-state index contributed by atoms with van der Waals surface area (Å²) in [6.45, 7) is 5.49. The number of likely N-dealkylation sites (tertiary alicyclic amines) is 1. The average molecular weight is 288 g/mol. The lowest BCUT2D eigenvalue weighted by molar-refractivity contribution is 0.164. The molecule has 2 aromatic rings. The predicted molar refractivity (Wildman–Crippen MR) is 77.7 cm³/mol. The van der Waals surface area contributed by atoms with Gasteiger partial charge in [0.2, 0.25) is 0 Å². The SMILES string of the molecule is Cc1cncn(CC2CCN(Cc3cocn3)CC2)c1=O. The van der Waals surface area contributed by atoms with E-state index < -0.39 is 0 Å². The van der Waals surface area contributed by atoms with Crippen molar-refractivity contribution < 1.29 is 4.42 Å². The number of piperidine rings is 1. The zero-order chi connectivity index (χ0) is 14.7. The molecule has 0 saturated carbocycles. The fraction of sp³-hybridized carbons (Fsp3) is 0.533. The summed E-state index contributed by atoms with van der Waals surface area (Å²) < 4.78 is 6.74. The Morgan fingerprint density at radius 1 is 1.38 bits per heavy atom. The number of nitrogens with zero attached hydrogens (tertiary/aromatic N) is 4. The molecular weight excluding hydrogens is 268 g/mol. The summed E-state index contributed by atoms with van der Waals surface area (Å²) in [5, 5.41) is 0. The van der Waals surface area contributed by atoms with Crippen LogP contribution in [0.4, 0.5) is 0 Å². The van der Waals surface area contributed by atoms with Crippen molar-refractivity contribution >= 4 is 0 Å². The van der Waals surface area contributed by atoms with Gasteiger partial charge in [0.25, 0.3) is 5.56 Å². The lowest BCUT2D eigenvalue weighted by Gasteiger charge is -2.31. The van der Waals surface area contributed by atoms with Crippen LogP contribution in [0.1, 0.15) is 24.1 Å². The number of oxazole rings is 1. The molecule has 0 atom stereocenters. The van der Waals surface area contributed by atoms with Crippen molar-refractivity contribution in [2.75, 3.05) is 13.1 Å². The minimum Gasteiger partial charge on any atom is -0.451 e. The molecule has 6 heteroatoms. The summed E-state index contributed by atoms with van der Waals surface area (Å²) in [6.07, 6.45) is 8.64. The third kappa shape index (κ3) is 3.39. The van der Waals surface area contributed by atoms with Crippen LogP contribution < -0.4 is 5.56 Å². The van der Waals surface area contributed by atoms with Crippen LogP contribution in [0.15, 0.2) is 34.4 Å². The van der Waals surface area contributed by atoms with Gasteiger partial charge >= 0.3 is 0 Å². The normalized spacial score (nSPS) is 17.2. The van der Waals surface area contributed by atoms with Crippen molar-refractivity contribution in [3.8, 4) is 0 Å². The monoisotopic (exact) mass is 288 g/mol. The van der Waals surface area contributed by atoms with E-state index >= 15 is 0 Å². The average Bonchev–Trinajstić information content (AvgIpc) is 2.99. The van der Waals surface area contributed by atoms with E-state index in [9.17, 15) is 4.79 Å². The second-order valence-corrected chi connectivity index (χ2v) is 5.73. The molecular formula is C15H20N4O2. The van der Waals surface area contributed by atoms with Crippen molar-refractivity contribution in [3.63, 3.8) is 0 Å². The lowest BCUT2D eigenvalue weighted by Crippen LogP contribution is -2.36. The molecule has 0 bridgehead atoms. The Kier molecular flexibility index (Phi) is 4.15. The minimum atomic E-state index is 0.0787. The molecule has 0 aromatic carbocycles. The van der Waals surface area contributed by atoms with Gasteiger partial charge in [0.1, 0.15) is 6.26 Å². The van der Waals surface area contributed by atoms with Crippen molar-refractivity contribution in [2.45, 2.75) is 32.9 Å². The van der Waals surface area contributed by atoms with Gasteiger partial charge in [-0.05, 0) is 38.8 Å². The van der Waals surface area contributed by atoms with Crippen LogP contribution in [-0.4, -0.2) is 32.5 Å². The number of aromatic nitrogens is 3. The van der Waals surface area contributed by atoms with Gasteiger partial charge in [0.15, 0.2) is 6.39 Å². The standard InChI is InChI=1S/C15H20N4O2/c1-12-6-16-10-19(15(12)20)7-13-2-4-18(5-3-13)8-14-9-21-11-17-14/h6,9-11,13H,2-5,7-8H2,1H3. The van der Waals surface area contributed by atoms with Gasteiger partial charge in [0.05, 0.1) is 12.0 Å². The fourth-order valence-corrected chi connectivity index (χ4v) is 2.84. The second kappa shape index (κ2) is 6.22. The summed E-state index contributed by atoms with van der Waals surface area (Å²) in [6, 6.07) is 0. The Hall–Kier alpha value is -1.95. The van der Waals surface area contributed by atoms with Crippen LogP contribution in [0.3, 0.4) is 0 Å². The van der Waals surface area contributed by atoms with Gasteiger partial charge in [-0.15, -0.1) is 0 Å². The lowest BCUT2D eigenvalue weighted by atomic mass is 9.96. The van der Waals surface area contributed by atoms with Crippen LogP contribution in [-0.2, 0) is 13.1 Å². The number of hydrogen-bond acceptors (Lipinski definition) is 5. The van der Waals surface area contributed by atoms with Gasteiger partial charge in [-0.1, -0.05) is 0 Å². The first-order valence-electron chi connectivity index (χ1n) is 7.33. The Morgan fingerprint density at radius 2 is 2.19 bits per heavy atom. The second-order valence-electron chi connectivity index (χ2n) is 5.73. The zero-order valence-corrected chi connectivity index (χ0v) is 12.2. The third-order valence-electron chi connectivity index (χ3n) is 4.10. The van der Waals surface area contributed by atoms with Gasteiger partial charge in [-0.25, -0.2) is 9.97 Å². The highest BCUT2D eigenvalue weighted by Gasteiger charge is 2.20. The summed E-state index contributed by atoms with van der Waals surface area (Å²) >= 11 is 0. The Bertz CT molecular complexity index is 627. The molecule has 1 aliphatic heterocycles. The van der Waals surface area contributed by atoms with E-state index in [1.54, 1.807) is 23.4 Å². The molecule has 6 nitrogen and oxygen atoms in total. The minimum absolute atomic E-state index is 0.0787. The first kappa shape index (κ1) is 14.0. The predicted octanol–water partition coefficient (Wildman–Crippen LogP) is 1.45. The fourth-order valence-electron chi connectivity index (χ4n) is 2.84. The highest BCUT2D eigenvalue weighted by molar-refractivity contribution is 5.00. The number of aryl methyl sites for hydroxylation is 1. The molecule has 112 valence electrons. The van der Waals surface area contributed by atoms with E-state index in [-0.39, 0.29) is 5.56 Å². The summed E-state index contributed by atoms with van der Waals surface area (Å²) in [5.74, 6) is 0.542. The molecule has 0 radical (unpaired) electrons. The molecule has 0 N–H and O–H groups in total. The Balaban J connectivity index is 1.54. The maximum Gasteiger partial charge on any atom is 0.256 e. The van der Waals surface area contributed by atoms with Crippen molar-refractivity contribution in [2.24, 2.45) is 5.92 Å². The van der Waals surface area contributed by atoms with Crippen molar-refractivity contribution in [3.05, 3.63) is 46.8 Å². The molecule has 3 heterocycles. The van der Waals surface area contributed by atoms with Gasteiger partial charge in [0, 0.05) is 24.8 Å². The maximum absolute atomic E-state index is 12.0. The van der Waals surface area contributed by atoms with Gasteiger partial charge < -0.3 is 4.42 Å². The van der Waals surface area contributed by atoms with E-state index in [1.165, 1.54) is 6.39 Å². The van der Waals surface area contributed by atoms with Crippen LogP contribution in [0, 0.1) is 12.8 Å². The zero-order valence-electron chi connectivity index (χ0n) is 12.2. The quantitative estimate of drug-likeness (QED) is 0.852. The van der Waals surface area contributed by atoms with E-state index in [0.29, 0.717) is 11.5 Å². The smallest absolute Gasteiger partial charge is 0.256 e. The van der Waals surface area contributed by atoms with Crippen molar-refractivity contribution in [1.82, 2.24) is 19.4 Å². The molecule has 0 aliphatic carbocycles. The van der Waals surface area contributed by atoms with Crippen LogP contribution in [0.5, 0.6) is 0 Å².